The lowest BCUT2D eigenvalue weighted by Crippen LogP contribution is -2.30. The number of nitrogens with two attached hydrogens (primary N) is 1. The highest BCUT2D eigenvalue weighted by Gasteiger charge is 2.09. The summed E-state index contributed by atoms with van der Waals surface area (Å²) in [6.45, 7) is 2.29. The Morgan fingerprint density at radius 2 is 2.29 bits per heavy atom. The van der Waals surface area contributed by atoms with E-state index in [0.29, 0.717) is 13.0 Å². The maximum atomic E-state index is 11.4. The van der Waals surface area contributed by atoms with Gasteiger partial charge in [0, 0.05) is 33.6 Å². The minimum Gasteiger partial charge on any atom is -0.350 e. The second kappa shape index (κ2) is 5.67. The lowest BCUT2D eigenvalue weighted by atomic mass is 10.2. The Bertz CT molecular complexity index is 383. The number of nitrogens with zero attached hydrogens (tertiary/aromatic N) is 3. The summed E-state index contributed by atoms with van der Waals surface area (Å²) in [4.78, 5) is 17.6. The molecule has 3 N–H and O–H groups in total. The average molecular weight is 239 g/mol. The summed E-state index contributed by atoms with van der Waals surface area (Å²) in [6, 6.07) is -0.112. The summed E-state index contributed by atoms with van der Waals surface area (Å²) < 4.78 is 1.95. The predicted octanol–water partition coefficient (Wildman–Crippen LogP) is -0.160. The number of anilines is 1. The molecule has 6 heteroatoms. The first-order valence-corrected chi connectivity index (χ1v) is 5.62. The number of imidazole rings is 1. The van der Waals surface area contributed by atoms with Crippen molar-refractivity contribution in [3.63, 3.8) is 0 Å². The molecule has 17 heavy (non-hydrogen) atoms. The summed E-state index contributed by atoms with van der Waals surface area (Å²) in [6.07, 6.45) is 2.11. The van der Waals surface area contributed by atoms with Crippen molar-refractivity contribution in [2.24, 2.45) is 12.8 Å². The first kappa shape index (κ1) is 13.5. The van der Waals surface area contributed by atoms with Crippen LogP contribution in [0.15, 0.2) is 6.20 Å². The minimum absolute atomic E-state index is 0.0346. The highest BCUT2D eigenvalue weighted by atomic mass is 16.1. The van der Waals surface area contributed by atoms with E-state index in [2.05, 4.69) is 10.3 Å². The van der Waals surface area contributed by atoms with Crippen molar-refractivity contribution in [1.82, 2.24) is 14.9 Å². The molecule has 1 rings (SSSR count). The van der Waals surface area contributed by atoms with Gasteiger partial charge in [-0.3, -0.25) is 4.79 Å². The van der Waals surface area contributed by atoms with Crippen molar-refractivity contribution in [2.75, 3.05) is 19.0 Å². The van der Waals surface area contributed by atoms with Gasteiger partial charge in [0.25, 0.3) is 0 Å². The summed E-state index contributed by atoms with van der Waals surface area (Å²) >= 11 is 0. The third-order valence-electron chi connectivity index (χ3n) is 2.43. The van der Waals surface area contributed by atoms with E-state index < -0.39 is 0 Å². The quantitative estimate of drug-likeness (QED) is 0.748. The van der Waals surface area contributed by atoms with E-state index in [1.54, 1.807) is 6.20 Å². The van der Waals surface area contributed by atoms with E-state index in [1.807, 2.05) is 37.5 Å². The van der Waals surface area contributed by atoms with Gasteiger partial charge in [-0.1, -0.05) is 0 Å². The van der Waals surface area contributed by atoms with Gasteiger partial charge in [0.15, 0.2) is 0 Å². The van der Waals surface area contributed by atoms with Gasteiger partial charge in [-0.05, 0) is 6.92 Å². The zero-order valence-electron chi connectivity index (χ0n) is 10.9. The van der Waals surface area contributed by atoms with Crippen LogP contribution < -0.4 is 16.0 Å². The normalized spacial score (nSPS) is 12.3. The number of hydrogen-bond acceptors (Lipinski definition) is 4. The molecule has 0 aliphatic carbocycles. The Balaban J connectivity index is 2.55. The van der Waals surface area contributed by atoms with Crippen LogP contribution in [0.2, 0.25) is 0 Å². The minimum atomic E-state index is -0.112. The van der Waals surface area contributed by atoms with Gasteiger partial charge in [-0.15, -0.1) is 0 Å². The second-order valence-electron chi connectivity index (χ2n) is 4.46. The second-order valence-corrected chi connectivity index (χ2v) is 4.46. The summed E-state index contributed by atoms with van der Waals surface area (Å²) in [7, 11) is 5.79. The van der Waals surface area contributed by atoms with E-state index in [-0.39, 0.29) is 11.9 Å². The van der Waals surface area contributed by atoms with Crippen LogP contribution >= 0.6 is 0 Å². The van der Waals surface area contributed by atoms with Crippen LogP contribution in [0.5, 0.6) is 0 Å². The zero-order valence-corrected chi connectivity index (χ0v) is 10.9. The lowest BCUT2D eigenvalue weighted by molar-refractivity contribution is -0.121. The van der Waals surface area contributed by atoms with E-state index in [9.17, 15) is 4.79 Å². The van der Waals surface area contributed by atoms with Crippen LogP contribution in [-0.2, 0) is 18.4 Å². The van der Waals surface area contributed by atoms with Crippen molar-refractivity contribution in [3.8, 4) is 0 Å². The highest BCUT2D eigenvalue weighted by Crippen LogP contribution is 2.10. The molecule has 1 aromatic heterocycles. The van der Waals surface area contributed by atoms with Crippen LogP contribution in [0.25, 0.3) is 0 Å². The van der Waals surface area contributed by atoms with Gasteiger partial charge in [0.1, 0.15) is 0 Å². The van der Waals surface area contributed by atoms with Gasteiger partial charge in [0.2, 0.25) is 11.9 Å². The molecule has 0 aliphatic heterocycles. The molecule has 1 atom stereocenters. The fourth-order valence-corrected chi connectivity index (χ4v) is 1.57. The topological polar surface area (TPSA) is 76.2 Å². The molecule has 6 nitrogen and oxygen atoms in total. The Morgan fingerprint density at radius 3 is 2.76 bits per heavy atom. The van der Waals surface area contributed by atoms with Crippen molar-refractivity contribution < 1.29 is 4.79 Å². The zero-order chi connectivity index (χ0) is 13.0. The number of carbonyl (C=O) groups is 1. The summed E-state index contributed by atoms with van der Waals surface area (Å²) in [5, 5.41) is 2.83. The summed E-state index contributed by atoms with van der Waals surface area (Å²) in [5.41, 5.74) is 6.52. The number of rotatable bonds is 5. The molecule has 0 aliphatic rings. The molecule has 0 saturated carbocycles. The molecule has 0 aromatic carbocycles. The Hall–Kier alpha value is -1.56. The number of carbonyl (C=O) groups excluding carboxylic acids is 1. The maximum Gasteiger partial charge on any atom is 0.221 e. The Kier molecular flexibility index (Phi) is 4.51. The van der Waals surface area contributed by atoms with E-state index in [0.717, 1.165) is 11.6 Å². The fourth-order valence-electron chi connectivity index (χ4n) is 1.57. The molecule has 0 spiro atoms. The third kappa shape index (κ3) is 3.74. The molecule has 1 heterocycles. The van der Waals surface area contributed by atoms with Gasteiger partial charge in [-0.25, -0.2) is 4.98 Å². The van der Waals surface area contributed by atoms with Crippen LogP contribution in [0.1, 0.15) is 19.0 Å². The maximum absolute atomic E-state index is 11.4. The molecule has 0 saturated heterocycles. The average Bonchev–Trinajstić information content (AvgIpc) is 2.55. The molecule has 96 valence electrons. The van der Waals surface area contributed by atoms with Gasteiger partial charge in [0.05, 0.1) is 18.4 Å². The van der Waals surface area contributed by atoms with Crippen molar-refractivity contribution in [2.45, 2.75) is 25.9 Å². The first-order valence-electron chi connectivity index (χ1n) is 5.62. The Morgan fingerprint density at radius 1 is 1.65 bits per heavy atom. The predicted molar refractivity (Wildman–Crippen MR) is 67.6 cm³/mol. The van der Waals surface area contributed by atoms with Crippen LogP contribution in [0.4, 0.5) is 5.95 Å². The first-order chi connectivity index (χ1) is 7.91. The smallest absolute Gasteiger partial charge is 0.221 e. The van der Waals surface area contributed by atoms with Crippen LogP contribution in [-0.4, -0.2) is 35.6 Å². The number of hydrogen-bond donors (Lipinski definition) is 2. The summed E-state index contributed by atoms with van der Waals surface area (Å²) in [5.74, 6) is 0.828. The lowest BCUT2D eigenvalue weighted by Gasteiger charge is -2.13. The van der Waals surface area contributed by atoms with Crippen molar-refractivity contribution >= 4 is 11.9 Å². The van der Waals surface area contributed by atoms with E-state index in [1.165, 1.54) is 0 Å². The fraction of sp³-hybridized carbons (Fsp3) is 0.636. The largest absolute Gasteiger partial charge is 0.350 e. The molecule has 0 fully saturated rings. The van der Waals surface area contributed by atoms with Gasteiger partial charge >= 0.3 is 0 Å². The number of amides is 1. The molecular formula is C11H21N5O. The van der Waals surface area contributed by atoms with Crippen LogP contribution in [0.3, 0.4) is 0 Å². The Labute approximate surface area is 102 Å². The van der Waals surface area contributed by atoms with Crippen LogP contribution in [0, 0.1) is 0 Å². The molecule has 1 unspecified atom stereocenters. The number of aromatic nitrogens is 2. The van der Waals surface area contributed by atoms with Crippen molar-refractivity contribution in [3.05, 3.63) is 11.9 Å². The highest BCUT2D eigenvalue weighted by molar-refractivity contribution is 5.76. The molecule has 0 radical (unpaired) electrons. The SMILES string of the molecule is CC(N)CC(=O)NCc1cnc(N(C)C)n1C. The van der Waals surface area contributed by atoms with E-state index in [4.69, 9.17) is 5.73 Å². The standard InChI is InChI=1S/C11H21N5O/c1-8(12)5-10(17)13-6-9-7-14-11(15(2)3)16(9)4/h7-8H,5-6,12H2,1-4H3,(H,13,17). The monoisotopic (exact) mass is 239 g/mol. The van der Waals surface area contributed by atoms with Gasteiger partial charge < -0.3 is 20.5 Å². The van der Waals surface area contributed by atoms with E-state index >= 15 is 0 Å². The van der Waals surface area contributed by atoms with Crippen molar-refractivity contribution in [1.29, 1.82) is 0 Å². The third-order valence-corrected chi connectivity index (χ3v) is 2.43. The molecule has 1 aromatic rings. The van der Waals surface area contributed by atoms with Gasteiger partial charge in [-0.2, -0.15) is 0 Å². The number of nitrogens with one attached hydrogen (secondary N) is 1. The molecule has 1 amide bonds. The molecular weight excluding hydrogens is 218 g/mol. The molecule has 0 bridgehead atoms.